The molecule has 2 heterocycles. The lowest BCUT2D eigenvalue weighted by molar-refractivity contribution is -0.137. The Balaban J connectivity index is 1.92. The normalized spacial score (nSPS) is 22.5. The molecule has 0 spiro atoms. The van der Waals surface area contributed by atoms with E-state index in [4.69, 9.17) is 11.6 Å². The van der Waals surface area contributed by atoms with Crippen molar-refractivity contribution in [3.63, 3.8) is 0 Å². The van der Waals surface area contributed by atoms with Gasteiger partial charge in [-0.3, -0.25) is 4.79 Å². The highest BCUT2D eigenvalue weighted by Crippen LogP contribution is 2.46. The maximum absolute atomic E-state index is 12.8. The molecule has 1 N–H and O–H groups in total. The molecule has 1 aliphatic rings. The Hall–Kier alpha value is -1.63. The molecule has 1 fully saturated rings. The van der Waals surface area contributed by atoms with E-state index >= 15 is 0 Å². The molecular weight excluding hydrogens is 392 g/mol. The predicted octanol–water partition coefficient (Wildman–Crippen LogP) is 4.84. The van der Waals surface area contributed by atoms with Crippen molar-refractivity contribution in [3.05, 3.63) is 56.7 Å². The number of hydrogen-bond acceptors (Lipinski definition) is 4. The second kappa shape index (κ2) is 7.55. The van der Waals surface area contributed by atoms with Gasteiger partial charge in [-0.15, -0.1) is 11.3 Å². The molecule has 0 amide bonds. The molecule has 26 heavy (non-hydrogen) atoms. The zero-order chi connectivity index (χ0) is 18.8. The van der Waals surface area contributed by atoms with E-state index in [0.29, 0.717) is 22.7 Å². The van der Waals surface area contributed by atoms with Crippen molar-refractivity contribution in [2.24, 2.45) is 0 Å². The highest BCUT2D eigenvalue weighted by molar-refractivity contribution is 7.92. The molecule has 1 aromatic heterocycles. The summed E-state index contributed by atoms with van der Waals surface area (Å²) in [7, 11) is -3.50. The average molecular weight is 411 g/mol. The van der Waals surface area contributed by atoms with Gasteiger partial charge in [0.05, 0.1) is 12.2 Å². The smallest absolute Gasteiger partial charge is 0.305 e. The van der Waals surface area contributed by atoms with Gasteiger partial charge in [-0.25, -0.2) is 8.42 Å². The Kier molecular flexibility index (Phi) is 5.55. The zero-order valence-electron chi connectivity index (χ0n) is 14.0. The van der Waals surface area contributed by atoms with E-state index in [-0.39, 0.29) is 12.2 Å². The first-order valence-electron chi connectivity index (χ1n) is 8.30. The van der Waals surface area contributed by atoms with Gasteiger partial charge in [-0.05, 0) is 48.7 Å². The van der Waals surface area contributed by atoms with Crippen molar-refractivity contribution in [2.45, 2.75) is 30.4 Å². The highest BCUT2D eigenvalue weighted by atomic mass is 35.5. The molecule has 1 atom stereocenters. The molecule has 2 aromatic rings. The number of thiophene rings is 1. The Morgan fingerprint density at radius 3 is 2.54 bits per heavy atom. The second-order valence-corrected chi connectivity index (χ2v) is 10.4. The largest absolute Gasteiger partial charge is 0.481 e. The van der Waals surface area contributed by atoms with E-state index in [9.17, 15) is 18.3 Å². The molecule has 0 radical (unpaired) electrons. The molecule has 138 valence electrons. The number of hydrogen-bond donors (Lipinski definition) is 1. The fourth-order valence-electron chi connectivity index (χ4n) is 3.30. The summed E-state index contributed by atoms with van der Waals surface area (Å²) >= 11 is 7.22. The van der Waals surface area contributed by atoms with Crippen LogP contribution in [-0.4, -0.2) is 25.2 Å². The van der Waals surface area contributed by atoms with Gasteiger partial charge in [0.2, 0.25) is 0 Å². The van der Waals surface area contributed by atoms with Crippen LogP contribution in [0.5, 0.6) is 0 Å². The fourth-order valence-corrected chi connectivity index (χ4v) is 7.10. The molecule has 0 unspecified atom stereocenters. The quantitative estimate of drug-likeness (QED) is 0.765. The van der Waals surface area contributed by atoms with Gasteiger partial charge in [0.25, 0.3) is 0 Å². The lowest BCUT2D eigenvalue weighted by Gasteiger charge is -2.34. The Morgan fingerprint density at radius 1 is 1.15 bits per heavy atom. The summed E-state index contributed by atoms with van der Waals surface area (Å²) in [6.07, 6.45) is 5.13. The van der Waals surface area contributed by atoms with Crippen molar-refractivity contribution >= 4 is 50.9 Å². The summed E-state index contributed by atoms with van der Waals surface area (Å²) in [6, 6.07) is 11.0. The minimum absolute atomic E-state index is 0.0497. The lowest BCUT2D eigenvalue weighted by Crippen LogP contribution is -2.41. The van der Waals surface area contributed by atoms with Crippen LogP contribution in [0.1, 0.15) is 41.0 Å². The van der Waals surface area contributed by atoms with Gasteiger partial charge >= 0.3 is 5.97 Å². The van der Waals surface area contributed by atoms with Gasteiger partial charge in [0, 0.05) is 14.8 Å². The molecule has 4 nitrogen and oxygen atoms in total. The third-order valence-corrected chi connectivity index (χ3v) is 8.88. The number of aliphatic carboxylic acids is 1. The van der Waals surface area contributed by atoms with Gasteiger partial charge in [-0.2, -0.15) is 0 Å². The van der Waals surface area contributed by atoms with E-state index in [1.54, 1.807) is 18.2 Å². The minimum atomic E-state index is -3.50. The van der Waals surface area contributed by atoms with Crippen LogP contribution in [0, 0.1) is 0 Å². The Morgan fingerprint density at radius 2 is 1.88 bits per heavy atom. The third-order valence-electron chi connectivity index (χ3n) is 4.66. The van der Waals surface area contributed by atoms with Gasteiger partial charge in [-0.1, -0.05) is 36.2 Å². The number of carboxylic acid groups (broad SMARTS) is 1. The first-order chi connectivity index (χ1) is 12.3. The standard InChI is InChI=1S/C19H19ClO4S2/c20-15-6-3-14(4-7-15)5-8-16-9-10-17(25-16)19(13-18(21)22)11-1-2-12-26(19,23)24/h3-10H,1-2,11-13H2,(H,21,22)/t19-/m0/s1. The first kappa shape index (κ1) is 19.1. The van der Waals surface area contributed by atoms with Crippen molar-refractivity contribution in [3.8, 4) is 0 Å². The van der Waals surface area contributed by atoms with E-state index < -0.39 is 20.6 Å². The fraction of sp³-hybridized carbons (Fsp3) is 0.316. The van der Waals surface area contributed by atoms with Crippen molar-refractivity contribution in [2.75, 3.05) is 5.75 Å². The van der Waals surface area contributed by atoms with Gasteiger partial charge in [0.15, 0.2) is 9.84 Å². The lowest BCUT2D eigenvalue weighted by atomic mass is 9.95. The molecular formula is C19H19ClO4S2. The maximum atomic E-state index is 12.8. The second-order valence-electron chi connectivity index (χ2n) is 6.43. The van der Waals surface area contributed by atoms with Crippen molar-refractivity contribution < 1.29 is 18.3 Å². The Labute approximate surface area is 162 Å². The number of sulfone groups is 1. The van der Waals surface area contributed by atoms with Crippen molar-refractivity contribution in [1.29, 1.82) is 0 Å². The summed E-state index contributed by atoms with van der Waals surface area (Å²) in [6.45, 7) is 0. The highest BCUT2D eigenvalue weighted by Gasteiger charge is 2.49. The molecule has 1 aromatic carbocycles. The van der Waals surface area contributed by atoms with Crippen LogP contribution in [0.4, 0.5) is 0 Å². The molecule has 0 bridgehead atoms. The molecule has 0 aliphatic carbocycles. The number of rotatable bonds is 5. The Bertz CT molecular complexity index is 929. The molecule has 1 saturated heterocycles. The van der Waals surface area contributed by atoms with Crippen LogP contribution in [0.2, 0.25) is 5.02 Å². The van der Waals surface area contributed by atoms with Crippen LogP contribution in [-0.2, 0) is 19.4 Å². The number of halogens is 1. The van der Waals surface area contributed by atoms with Gasteiger partial charge in [0.1, 0.15) is 4.75 Å². The summed E-state index contributed by atoms with van der Waals surface area (Å²) in [5.74, 6) is -1.03. The third kappa shape index (κ3) is 3.87. The number of benzene rings is 1. The maximum Gasteiger partial charge on any atom is 0.305 e. The summed E-state index contributed by atoms with van der Waals surface area (Å²) in [5, 5.41) is 9.99. The minimum Gasteiger partial charge on any atom is -0.481 e. The van der Waals surface area contributed by atoms with Crippen LogP contribution >= 0.6 is 22.9 Å². The predicted molar refractivity (Wildman–Crippen MR) is 106 cm³/mol. The molecule has 1 aliphatic heterocycles. The SMILES string of the molecule is O=C(O)C[C@]1(c2ccc(C=Cc3ccc(Cl)cc3)s2)CCCCS1(=O)=O. The number of carbonyl (C=O) groups is 1. The van der Waals surface area contributed by atoms with Crippen molar-refractivity contribution in [1.82, 2.24) is 0 Å². The zero-order valence-corrected chi connectivity index (χ0v) is 16.4. The molecule has 0 saturated carbocycles. The van der Waals surface area contributed by atoms with Crippen LogP contribution in [0.3, 0.4) is 0 Å². The summed E-state index contributed by atoms with van der Waals surface area (Å²) in [5.41, 5.74) is 0.981. The van der Waals surface area contributed by atoms with Gasteiger partial charge < -0.3 is 5.11 Å². The number of carboxylic acids is 1. The van der Waals surface area contributed by atoms with E-state index in [2.05, 4.69) is 0 Å². The summed E-state index contributed by atoms with van der Waals surface area (Å²) in [4.78, 5) is 12.9. The molecule has 7 heteroatoms. The average Bonchev–Trinajstić information content (AvgIpc) is 3.05. The van der Waals surface area contributed by atoms with E-state index in [0.717, 1.165) is 16.9 Å². The summed E-state index contributed by atoms with van der Waals surface area (Å²) < 4.78 is 24.2. The monoisotopic (exact) mass is 410 g/mol. The van der Waals surface area contributed by atoms with E-state index in [1.807, 2.05) is 30.4 Å². The van der Waals surface area contributed by atoms with Crippen LogP contribution in [0.25, 0.3) is 12.2 Å². The van der Waals surface area contributed by atoms with Crippen LogP contribution < -0.4 is 0 Å². The van der Waals surface area contributed by atoms with E-state index in [1.165, 1.54) is 11.3 Å². The van der Waals surface area contributed by atoms with Crippen LogP contribution in [0.15, 0.2) is 36.4 Å². The first-order valence-corrected chi connectivity index (χ1v) is 11.2. The topological polar surface area (TPSA) is 71.4 Å². The molecule has 3 rings (SSSR count).